The SMILES string of the molecule is CC(C)c1ncc([C@@H](C(=O)O)C(C)(C)C)cn1. The van der Waals surface area contributed by atoms with Crippen molar-refractivity contribution in [1.82, 2.24) is 9.97 Å². The quantitative estimate of drug-likeness (QED) is 0.876. The van der Waals surface area contributed by atoms with Gasteiger partial charge in [-0.1, -0.05) is 34.6 Å². The van der Waals surface area contributed by atoms with Crippen LogP contribution in [0, 0.1) is 5.41 Å². The summed E-state index contributed by atoms with van der Waals surface area (Å²) in [6, 6.07) is 0. The molecule has 1 aromatic rings. The highest BCUT2D eigenvalue weighted by Gasteiger charge is 2.33. The van der Waals surface area contributed by atoms with Gasteiger partial charge in [0.05, 0.1) is 5.92 Å². The van der Waals surface area contributed by atoms with Crippen LogP contribution in [-0.2, 0) is 4.79 Å². The Hall–Kier alpha value is -1.45. The summed E-state index contributed by atoms with van der Waals surface area (Å²) in [5.41, 5.74) is 0.309. The van der Waals surface area contributed by atoms with Crippen LogP contribution >= 0.6 is 0 Å². The number of aromatic nitrogens is 2. The molecule has 0 aliphatic carbocycles. The first-order valence-corrected chi connectivity index (χ1v) is 5.78. The standard InChI is InChI=1S/C13H20N2O2/c1-8(2)11-14-6-9(7-15-11)10(12(16)17)13(3,4)5/h6-8,10H,1-5H3,(H,16,17)/t10-/m0/s1. The molecule has 0 saturated carbocycles. The normalized spacial score (nSPS) is 13.8. The Kier molecular flexibility index (Phi) is 3.86. The highest BCUT2D eigenvalue weighted by molar-refractivity contribution is 5.76. The lowest BCUT2D eigenvalue weighted by molar-refractivity contribution is -0.141. The summed E-state index contributed by atoms with van der Waals surface area (Å²) in [5.74, 6) is -0.420. The third-order valence-corrected chi connectivity index (χ3v) is 2.65. The molecule has 0 amide bonds. The van der Waals surface area contributed by atoms with Crippen molar-refractivity contribution in [3.63, 3.8) is 0 Å². The van der Waals surface area contributed by atoms with Crippen molar-refractivity contribution in [2.75, 3.05) is 0 Å². The van der Waals surface area contributed by atoms with Crippen LogP contribution in [0.25, 0.3) is 0 Å². The predicted octanol–water partition coefficient (Wildman–Crippen LogP) is 2.81. The molecule has 1 heterocycles. The monoisotopic (exact) mass is 236 g/mol. The average molecular weight is 236 g/mol. The first-order valence-electron chi connectivity index (χ1n) is 5.78. The maximum Gasteiger partial charge on any atom is 0.311 e. The van der Waals surface area contributed by atoms with Gasteiger partial charge in [-0.15, -0.1) is 0 Å². The topological polar surface area (TPSA) is 63.1 Å². The Labute approximate surface area is 102 Å². The summed E-state index contributed by atoms with van der Waals surface area (Å²) < 4.78 is 0. The van der Waals surface area contributed by atoms with Gasteiger partial charge in [0.1, 0.15) is 5.82 Å². The Morgan fingerprint density at radius 2 is 1.71 bits per heavy atom. The minimum Gasteiger partial charge on any atom is -0.481 e. The predicted molar refractivity (Wildman–Crippen MR) is 66.0 cm³/mol. The van der Waals surface area contributed by atoms with Crippen molar-refractivity contribution in [1.29, 1.82) is 0 Å². The molecular formula is C13H20N2O2. The van der Waals surface area contributed by atoms with E-state index in [1.165, 1.54) is 0 Å². The van der Waals surface area contributed by atoms with Crippen molar-refractivity contribution in [3.05, 3.63) is 23.8 Å². The molecule has 4 heteroatoms. The van der Waals surface area contributed by atoms with Gasteiger partial charge >= 0.3 is 5.97 Å². The summed E-state index contributed by atoms with van der Waals surface area (Å²) in [7, 11) is 0. The lowest BCUT2D eigenvalue weighted by Crippen LogP contribution is -2.26. The van der Waals surface area contributed by atoms with Crippen LogP contribution < -0.4 is 0 Å². The Morgan fingerprint density at radius 3 is 2.00 bits per heavy atom. The number of carboxylic acids is 1. The minimum absolute atomic E-state index is 0.252. The van der Waals surface area contributed by atoms with E-state index in [9.17, 15) is 9.90 Å². The molecule has 0 aliphatic heterocycles. The summed E-state index contributed by atoms with van der Waals surface area (Å²) >= 11 is 0. The lowest BCUT2D eigenvalue weighted by atomic mass is 9.77. The molecule has 4 nitrogen and oxygen atoms in total. The second-order valence-corrected chi connectivity index (χ2v) is 5.67. The van der Waals surface area contributed by atoms with E-state index in [0.29, 0.717) is 5.56 Å². The van der Waals surface area contributed by atoms with Crippen molar-refractivity contribution >= 4 is 5.97 Å². The molecule has 0 aromatic carbocycles. The van der Waals surface area contributed by atoms with Crippen LogP contribution in [0.15, 0.2) is 12.4 Å². The number of carbonyl (C=O) groups is 1. The van der Waals surface area contributed by atoms with E-state index in [1.54, 1.807) is 12.4 Å². The smallest absolute Gasteiger partial charge is 0.311 e. The molecule has 0 bridgehead atoms. The molecule has 0 aliphatic rings. The lowest BCUT2D eigenvalue weighted by Gasteiger charge is -2.26. The van der Waals surface area contributed by atoms with Gasteiger partial charge in [0.15, 0.2) is 0 Å². The number of nitrogens with zero attached hydrogens (tertiary/aromatic N) is 2. The zero-order valence-corrected chi connectivity index (χ0v) is 11.1. The number of hydrogen-bond acceptors (Lipinski definition) is 3. The largest absolute Gasteiger partial charge is 0.481 e. The van der Waals surface area contributed by atoms with Gasteiger partial charge in [0.25, 0.3) is 0 Å². The second kappa shape index (κ2) is 4.82. The molecule has 1 N–H and O–H groups in total. The highest BCUT2D eigenvalue weighted by atomic mass is 16.4. The molecule has 1 aromatic heterocycles. The molecule has 1 rings (SSSR count). The highest BCUT2D eigenvalue weighted by Crippen LogP contribution is 2.34. The molecule has 17 heavy (non-hydrogen) atoms. The Morgan fingerprint density at radius 1 is 1.24 bits per heavy atom. The minimum atomic E-state index is -0.835. The van der Waals surface area contributed by atoms with Gasteiger partial charge < -0.3 is 5.11 Å². The van der Waals surface area contributed by atoms with Crippen molar-refractivity contribution in [2.45, 2.75) is 46.5 Å². The van der Waals surface area contributed by atoms with Crippen LogP contribution in [0.1, 0.15) is 57.8 Å². The van der Waals surface area contributed by atoms with E-state index in [0.717, 1.165) is 5.82 Å². The summed E-state index contributed by atoms with van der Waals surface area (Å²) in [6.45, 7) is 9.73. The fourth-order valence-corrected chi connectivity index (χ4v) is 1.81. The third-order valence-electron chi connectivity index (χ3n) is 2.65. The van der Waals surface area contributed by atoms with Crippen LogP contribution in [0.5, 0.6) is 0 Å². The van der Waals surface area contributed by atoms with Gasteiger partial charge in [-0.3, -0.25) is 4.79 Å². The molecular weight excluding hydrogens is 216 g/mol. The van der Waals surface area contributed by atoms with Crippen LogP contribution in [0.4, 0.5) is 0 Å². The number of hydrogen-bond donors (Lipinski definition) is 1. The van der Waals surface area contributed by atoms with Crippen LogP contribution in [0.3, 0.4) is 0 Å². The second-order valence-electron chi connectivity index (χ2n) is 5.67. The van der Waals surface area contributed by atoms with Gasteiger partial charge in [-0.2, -0.15) is 0 Å². The first-order chi connectivity index (χ1) is 7.73. The zero-order chi connectivity index (χ0) is 13.2. The molecule has 0 saturated heterocycles. The van der Waals surface area contributed by atoms with E-state index in [-0.39, 0.29) is 11.3 Å². The van der Waals surface area contributed by atoms with E-state index < -0.39 is 11.9 Å². The fraction of sp³-hybridized carbons (Fsp3) is 0.615. The van der Waals surface area contributed by atoms with Gasteiger partial charge in [0, 0.05) is 23.9 Å². The molecule has 0 fully saturated rings. The van der Waals surface area contributed by atoms with Crippen molar-refractivity contribution in [3.8, 4) is 0 Å². The molecule has 0 radical (unpaired) electrons. The maximum absolute atomic E-state index is 11.3. The summed E-state index contributed by atoms with van der Waals surface area (Å²) in [5, 5.41) is 9.29. The number of rotatable bonds is 3. The molecule has 0 spiro atoms. The van der Waals surface area contributed by atoms with Crippen LogP contribution in [-0.4, -0.2) is 21.0 Å². The third kappa shape index (κ3) is 3.25. The van der Waals surface area contributed by atoms with Gasteiger partial charge in [0.2, 0.25) is 0 Å². The van der Waals surface area contributed by atoms with Crippen molar-refractivity contribution < 1.29 is 9.90 Å². The van der Waals surface area contributed by atoms with E-state index in [1.807, 2.05) is 34.6 Å². The van der Waals surface area contributed by atoms with E-state index >= 15 is 0 Å². The van der Waals surface area contributed by atoms with Gasteiger partial charge in [-0.05, 0) is 5.41 Å². The average Bonchev–Trinajstić information content (AvgIpc) is 2.15. The zero-order valence-electron chi connectivity index (χ0n) is 11.1. The summed E-state index contributed by atoms with van der Waals surface area (Å²) in [6.07, 6.45) is 3.26. The first kappa shape index (κ1) is 13.6. The number of carboxylic acid groups (broad SMARTS) is 1. The Balaban J connectivity index is 3.09. The van der Waals surface area contributed by atoms with Crippen molar-refractivity contribution in [2.24, 2.45) is 5.41 Å². The molecule has 1 atom stereocenters. The number of aliphatic carboxylic acids is 1. The Bertz CT molecular complexity index is 391. The van der Waals surface area contributed by atoms with Crippen LogP contribution in [0.2, 0.25) is 0 Å². The molecule has 0 unspecified atom stereocenters. The van der Waals surface area contributed by atoms with E-state index in [2.05, 4.69) is 9.97 Å². The molecule has 94 valence electrons. The summed E-state index contributed by atoms with van der Waals surface area (Å²) in [4.78, 5) is 19.8. The van der Waals surface area contributed by atoms with Gasteiger partial charge in [-0.25, -0.2) is 9.97 Å². The van der Waals surface area contributed by atoms with E-state index in [4.69, 9.17) is 0 Å². The fourth-order valence-electron chi connectivity index (χ4n) is 1.81. The maximum atomic E-state index is 11.3.